The van der Waals surface area contributed by atoms with E-state index in [1.807, 2.05) is 36.4 Å². The van der Waals surface area contributed by atoms with Crippen LogP contribution in [0.15, 0.2) is 36.4 Å². The van der Waals surface area contributed by atoms with Gasteiger partial charge >= 0.3 is 0 Å². The minimum Gasteiger partial charge on any atom is -0.369 e. The van der Waals surface area contributed by atoms with E-state index in [1.165, 1.54) is 0 Å². The molecule has 4 heteroatoms. The van der Waals surface area contributed by atoms with E-state index < -0.39 is 0 Å². The van der Waals surface area contributed by atoms with Crippen molar-refractivity contribution < 1.29 is 4.74 Å². The van der Waals surface area contributed by atoms with Crippen LogP contribution >= 0.6 is 12.2 Å². The fourth-order valence-corrected chi connectivity index (χ4v) is 2.25. The number of hydrogen-bond acceptors (Lipinski definition) is 3. The molecule has 0 saturated carbocycles. The summed E-state index contributed by atoms with van der Waals surface area (Å²) in [6, 6.07) is 11.9. The molecule has 1 atom stereocenters. The lowest BCUT2D eigenvalue weighted by Crippen LogP contribution is -2.17. The van der Waals surface area contributed by atoms with Gasteiger partial charge in [0.1, 0.15) is 16.6 Å². The van der Waals surface area contributed by atoms with Crippen LogP contribution in [0.4, 0.5) is 0 Å². The first-order valence-corrected chi connectivity index (χ1v) is 7.02. The van der Waals surface area contributed by atoms with Gasteiger partial charge in [0, 0.05) is 18.2 Å². The Bertz CT molecular complexity index is 629. The van der Waals surface area contributed by atoms with Crippen molar-refractivity contribution in [2.24, 2.45) is 0 Å². The first-order chi connectivity index (χ1) is 9.41. The van der Waals surface area contributed by atoms with Crippen molar-refractivity contribution in [3.05, 3.63) is 58.1 Å². The van der Waals surface area contributed by atoms with E-state index in [-0.39, 0.29) is 11.5 Å². The zero-order valence-electron chi connectivity index (χ0n) is 12.3. The third-order valence-corrected chi connectivity index (χ3v) is 3.36. The summed E-state index contributed by atoms with van der Waals surface area (Å²) >= 11 is 5.29. The monoisotopic (exact) mass is 288 g/mol. The molecule has 2 rings (SSSR count). The first-order valence-electron chi connectivity index (χ1n) is 6.61. The maximum Gasteiger partial charge on any atom is 0.141 e. The van der Waals surface area contributed by atoms with Crippen molar-refractivity contribution in [1.29, 1.82) is 0 Å². The second-order valence-corrected chi connectivity index (χ2v) is 6.21. The second-order valence-electron chi connectivity index (χ2n) is 5.79. The number of ether oxygens (including phenoxy) is 1. The summed E-state index contributed by atoms with van der Waals surface area (Å²) in [5.41, 5.74) is 2.10. The minimum atomic E-state index is -0.236. The van der Waals surface area contributed by atoms with Gasteiger partial charge in [-0.1, -0.05) is 63.3 Å². The molecule has 1 heterocycles. The molecule has 0 aliphatic heterocycles. The van der Waals surface area contributed by atoms with Gasteiger partial charge in [-0.3, -0.25) is 0 Å². The van der Waals surface area contributed by atoms with E-state index in [1.54, 1.807) is 7.11 Å². The molecule has 0 spiro atoms. The Kier molecular flexibility index (Phi) is 4.35. The largest absolute Gasteiger partial charge is 0.369 e. The van der Waals surface area contributed by atoms with E-state index in [0.717, 1.165) is 17.1 Å². The molecule has 0 radical (unpaired) electrons. The minimum absolute atomic E-state index is 0.0137. The molecular weight excluding hydrogens is 268 g/mol. The average molecular weight is 288 g/mol. The van der Waals surface area contributed by atoms with Gasteiger partial charge in [-0.05, 0) is 11.6 Å². The van der Waals surface area contributed by atoms with E-state index in [0.29, 0.717) is 4.64 Å². The fraction of sp³-hybridized carbons (Fsp3) is 0.375. The van der Waals surface area contributed by atoms with Gasteiger partial charge in [0.25, 0.3) is 0 Å². The molecule has 0 aliphatic rings. The highest BCUT2D eigenvalue weighted by Gasteiger charge is 2.20. The quantitative estimate of drug-likeness (QED) is 0.861. The lowest BCUT2D eigenvalue weighted by Gasteiger charge is -2.22. The van der Waals surface area contributed by atoms with Gasteiger partial charge in [0.15, 0.2) is 0 Å². The molecule has 0 bridgehead atoms. The Morgan fingerprint density at radius 3 is 2.40 bits per heavy atom. The molecule has 1 aromatic carbocycles. The number of aromatic nitrogens is 2. The highest BCUT2D eigenvalue weighted by molar-refractivity contribution is 7.71. The van der Waals surface area contributed by atoms with E-state index in [4.69, 9.17) is 17.0 Å². The molecular formula is C16H20N2OS. The maximum absolute atomic E-state index is 5.61. The van der Waals surface area contributed by atoms with Gasteiger partial charge in [0.2, 0.25) is 0 Å². The zero-order valence-corrected chi connectivity index (χ0v) is 13.1. The van der Waals surface area contributed by atoms with E-state index in [2.05, 4.69) is 30.7 Å². The summed E-state index contributed by atoms with van der Waals surface area (Å²) < 4.78 is 6.19. The third kappa shape index (κ3) is 3.32. The molecule has 1 N–H and O–H groups in total. The molecule has 20 heavy (non-hydrogen) atoms. The number of benzene rings is 1. The third-order valence-electron chi connectivity index (χ3n) is 3.16. The van der Waals surface area contributed by atoms with Crippen molar-refractivity contribution in [1.82, 2.24) is 9.97 Å². The SMILES string of the molecule is COC(c1ccccc1)c1nc(=S)cc(C(C)(C)C)[nH]1. The average Bonchev–Trinajstić information content (AvgIpc) is 2.39. The Hall–Kier alpha value is -1.52. The van der Waals surface area contributed by atoms with Gasteiger partial charge in [-0.15, -0.1) is 0 Å². The van der Waals surface area contributed by atoms with Crippen molar-refractivity contribution in [2.75, 3.05) is 7.11 Å². The zero-order chi connectivity index (χ0) is 14.8. The molecule has 0 fully saturated rings. The summed E-state index contributed by atoms with van der Waals surface area (Å²) in [6.07, 6.45) is -0.236. The lowest BCUT2D eigenvalue weighted by molar-refractivity contribution is 0.128. The Morgan fingerprint density at radius 2 is 1.85 bits per heavy atom. The number of rotatable bonds is 3. The number of H-pyrrole nitrogens is 1. The molecule has 106 valence electrons. The predicted molar refractivity (Wildman–Crippen MR) is 83.4 cm³/mol. The van der Waals surface area contributed by atoms with E-state index in [9.17, 15) is 0 Å². The number of methoxy groups -OCH3 is 1. The van der Waals surface area contributed by atoms with Crippen LogP contribution in [0.2, 0.25) is 0 Å². The molecule has 2 aromatic rings. The van der Waals surface area contributed by atoms with Crippen LogP contribution in [0.25, 0.3) is 0 Å². The van der Waals surface area contributed by atoms with Crippen LogP contribution in [0.5, 0.6) is 0 Å². The van der Waals surface area contributed by atoms with Gasteiger partial charge in [0.05, 0.1) is 0 Å². The van der Waals surface area contributed by atoms with Crippen molar-refractivity contribution in [3.63, 3.8) is 0 Å². The lowest BCUT2D eigenvalue weighted by atomic mass is 9.92. The molecule has 0 saturated heterocycles. The van der Waals surface area contributed by atoms with Crippen LogP contribution in [0.1, 0.15) is 44.0 Å². The van der Waals surface area contributed by atoms with Gasteiger partial charge in [-0.25, -0.2) is 4.98 Å². The van der Waals surface area contributed by atoms with E-state index >= 15 is 0 Å². The van der Waals surface area contributed by atoms with Crippen LogP contribution in [-0.4, -0.2) is 17.1 Å². The van der Waals surface area contributed by atoms with Crippen LogP contribution < -0.4 is 0 Å². The number of nitrogens with one attached hydrogen (secondary N) is 1. The standard InChI is InChI=1S/C16H20N2OS/c1-16(2,3)12-10-13(20)18-15(17-12)14(19-4)11-8-6-5-7-9-11/h5-10,14H,1-4H3,(H,17,18,20). The smallest absolute Gasteiger partial charge is 0.141 e. The highest BCUT2D eigenvalue weighted by Crippen LogP contribution is 2.25. The molecule has 1 aromatic heterocycles. The second kappa shape index (κ2) is 5.85. The molecule has 1 unspecified atom stereocenters. The van der Waals surface area contributed by atoms with Crippen LogP contribution in [-0.2, 0) is 10.2 Å². The van der Waals surface area contributed by atoms with Crippen LogP contribution in [0.3, 0.4) is 0 Å². The predicted octanol–water partition coefficient (Wildman–Crippen LogP) is 4.17. The summed E-state index contributed by atoms with van der Waals surface area (Å²) in [5, 5.41) is 0. The Balaban J connectivity index is 2.51. The number of hydrogen-bond donors (Lipinski definition) is 1. The summed E-state index contributed by atoms with van der Waals surface area (Å²) in [6.45, 7) is 6.42. The molecule has 3 nitrogen and oxygen atoms in total. The van der Waals surface area contributed by atoms with Crippen molar-refractivity contribution in [2.45, 2.75) is 32.3 Å². The fourth-order valence-electron chi connectivity index (χ4n) is 2.04. The number of nitrogens with zero attached hydrogens (tertiary/aromatic N) is 1. The van der Waals surface area contributed by atoms with Crippen molar-refractivity contribution >= 4 is 12.2 Å². The Morgan fingerprint density at radius 1 is 1.20 bits per heavy atom. The van der Waals surface area contributed by atoms with Gasteiger partial charge in [-0.2, -0.15) is 0 Å². The normalized spacial score (nSPS) is 13.2. The molecule has 0 aliphatic carbocycles. The summed E-state index contributed by atoms with van der Waals surface area (Å²) in [4.78, 5) is 7.80. The maximum atomic E-state index is 5.61. The number of aromatic amines is 1. The van der Waals surface area contributed by atoms with Gasteiger partial charge < -0.3 is 9.72 Å². The Labute approximate surface area is 125 Å². The van der Waals surface area contributed by atoms with Crippen molar-refractivity contribution in [3.8, 4) is 0 Å². The topological polar surface area (TPSA) is 37.9 Å². The van der Waals surface area contributed by atoms with Crippen LogP contribution in [0, 0.1) is 4.64 Å². The highest BCUT2D eigenvalue weighted by atomic mass is 32.1. The first kappa shape index (κ1) is 14.9. The molecule has 0 amide bonds. The summed E-state index contributed by atoms with van der Waals surface area (Å²) in [7, 11) is 1.68. The summed E-state index contributed by atoms with van der Waals surface area (Å²) in [5.74, 6) is 0.746.